The summed E-state index contributed by atoms with van der Waals surface area (Å²) in [7, 11) is 0. The Morgan fingerprint density at radius 1 is 1.32 bits per heavy atom. The summed E-state index contributed by atoms with van der Waals surface area (Å²) < 4.78 is 0. The molecule has 1 heterocycles. The van der Waals surface area contributed by atoms with E-state index in [9.17, 15) is 4.79 Å². The number of aryl methyl sites for hydroxylation is 1. The molecule has 116 valence electrons. The van der Waals surface area contributed by atoms with Gasteiger partial charge in [0.1, 0.15) is 5.82 Å². The number of hydrogen-bond acceptors (Lipinski definition) is 4. The Morgan fingerprint density at radius 3 is 2.91 bits per heavy atom. The van der Waals surface area contributed by atoms with Crippen molar-refractivity contribution in [3.05, 3.63) is 59.3 Å². The summed E-state index contributed by atoms with van der Waals surface area (Å²) in [5.74, 6) is 1.91. The van der Waals surface area contributed by atoms with E-state index >= 15 is 0 Å². The number of aliphatic hydroxyl groups is 1. The monoisotopic (exact) mass is 316 g/mol. The van der Waals surface area contributed by atoms with Gasteiger partial charge in [-0.05, 0) is 35.7 Å². The third-order valence-electron chi connectivity index (χ3n) is 3.21. The van der Waals surface area contributed by atoms with E-state index in [0.717, 1.165) is 23.3 Å². The van der Waals surface area contributed by atoms with E-state index < -0.39 is 0 Å². The van der Waals surface area contributed by atoms with Crippen molar-refractivity contribution in [2.24, 2.45) is 0 Å². The second-order valence-electron chi connectivity index (χ2n) is 4.79. The summed E-state index contributed by atoms with van der Waals surface area (Å²) in [5.41, 5.74) is 2.79. The maximum absolute atomic E-state index is 12.4. The number of thioether (sulfide) groups is 1. The van der Waals surface area contributed by atoms with Gasteiger partial charge in [0.15, 0.2) is 0 Å². The van der Waals surface area contributed by atoms with Crippen LogP contribution in [0.5, 0.6) is 0 Å². The number of anilines is 1. The zero-order valence-electron chi connectivity index (χ0n) is 12.6. The van der Waals surface area contributed by atoms with Crippen molar-refractivity contribution in [2.45, 2.75) is 19.1 Å². The Balaban J connectivity index is 2.06. The molecule has 0 aliphatic heterocycles. The molecule has 5 heteroatoms. The fraction of sp³-hybridized carbons (Fsp3) is 0.294. The Hall–Kier alpha value is -1.85. The van der Waals surface area contributed by atoms with Crippen molar-refractivity contribution >= 4 is 23.5 Å². The van der Waals surface area contributed by atoms with Crippen LogP contribution in [0.3, 0.4) is 0 Å². The van der Waals surface area contributed by atoms with Gasteiger partial charge in [0.25, 0.3) is 5.91 Å². The van der Waals surface area contributed by atoms with Crippen LogP contribution in [-0.2, 0) is 12.2 Å². The number of carbonyl (C=O) groups excluding carboxylic acids is 1. The van der Waals surface area contributed by atoms with E-state index in [1.807, 2.05) is 43.3 Å². The zero-order valence-corrected chi connectivity index (χ0v) is 13.4. The van der Waals surface area contributed by atoms with Crippen LogP contribution in [0.25, 0.3) is 0 Å². The second-order valence-corrected chi connectivity index (χ2v) is 5.90. The molecule has 0 saturated heterocycles. The summed E-state index contributed by atoms with van der Waals surface area (Å²) in [6.45, 7) is 2.20. The van der Waals surface area contributed by atoms with Crippen LogP contribution < -0.4 is 5.32 Å². The van der Waals surface area contributed by atoms with Crippen LogP contribution in [0, 0.1) is 0 Å². The first-order chi connectivity index (χ1) is 10.7. The first-order valence-corrected chi connectivity index (χ1v) is 8.43. The summed E-state index contributed by atoms with van der Waals surface area (Å²) >= 11 is 1.65. The molecule has 2 N–H and O–H groups in total. The molecule has 0 unspecified atom stereocenters. The molecule has 2 aromatic rings. The normalized spacial score (nSPS) is 10.5. The molecular formula is C17H20N2O2S. The molecule has 1 amide bonds. The lowest BCUT2D eigenvalue weighted by atomic mass is 10.0. The number of amides is 1. The molecule has 0 atom stereocenters. The van der Waals surface area contributed by atoms with E-state index in [0.29, 0.717) is 17.1 Å². The minimum atomic E-state index is -0.134. The van der Waals surface area contributed by atoms with Crippen LogP contribution >= 0.6 is 11.8 Å². The maximum Gasteiger partial charge on any atom is 0.257 e. The van der Waals surface area contributed by atoms with Crippen LogP contribution in [0.4, 0.5) is 5.82 Å². The highest BCUT2D eigenvalue weighted by molar-refractivity contribution is 7.98. The predicted octanol–water partition coefficient (Wildman–Crippen LogP) is 3.12. The van der Waals surface area contributed by atoms with Crippen LogP contribution in [-0.4, -0.2) is 28.4 Å². The Morgan fingerprint density at radius 2 is 2.14 bits per heavy atom. The van der Waals surface area contributed by atoms with E-state index in [1.165, 1.54) is 0 Å². The Bertz CT molecular complexity index is 632. The maximum atomic E-state index is 12.4. The van der Waals surface area contributed by atoms with E-state index in [-0.39, 0.29) is 12.5 Å². The quantitative estimate of drug-likeness (QED) is 0.771. The summed E-state index contributed by atoms with van der Waals surface area (Å²) in [5, 5.41) is 11.7. The molecule has 0 aliphatic carbocycles. The van der Waals surface area contributed by atoms with Crippen LogP contribution in [0.15, 0.2) is 42.6 Å². The molecule has 0 aliphatic rings. The van der Waals surface area contributed by atoms with Gasteiger partial charge in [0.05, 0.1) is 6.61 Å². The Kier molecular flexibility index (Phi) is 6.43. The van der Waals surface area contributed by atoms with Crippen molar-refractivity contribution < 1.29 is 9.90 Å². The van der Waals surface area contributed by atoms with E-state index in [2.05, 4.69) is 10.3 Å². The smallest absolute Gasteiger partial charge is 0.257 e. The van der Waals surface area contributed by atoms with Gasteiger partial charge >= 0.3 is 0 Å². The average Bonchev–Trinajstić information content (AvgIpc) is 2.55. The van der Waals surface area contributed by atoms with Crippen molar-refractivity contribution in [1.29, 1.82) is 0 Å². The van der Waals surface area contributed by atoms with Gasteiger partial charge in [-0.25, -0.2) is 4.98 Å². The van der Waals surface area contributed by atoms with Gasteiger partial charge in [0.2, 0.25) is 0 Å². The van der Waals surface area contributed by atoms with Crippen molar-refractivity contribution in [3.63, 3.8) is 0 Å². The van der Waals surface area contributed by atoms with Crippen molar-refractivity contribution in [1.82, 2.24) is 4.98 Å². The molecule has 0 radical (unpaired) electrons. The molecule has 1 aromatic heterocycles. The number of nitrogens with one attached hydrogen (secondary N) is 1. The molecule has 0 bridgehead atoms. The Labute approximate surface area is 135 Å². The number of aliphatic hydroxyl groups excluding tert-OH is 1. The average molecular weight is 316 g/mol. The molecule has 4 nitrogen and oxygen atoms in total. The number of pyridine rings is 1. The highest BCUT2D eigenvalue weighted by Gasteiger charge is 2.10. The molecule has 0 saturated carbocycles. The van der Waals surface area contributed by atoms with Gasteiger partial charge < -0.3 is 10.4 Å². The number of aromatic nitrogens is 1. The molecule has 22 heavy (non-hydrogen) atoms. The highest BCUT2D eigenvalue weighted by Crippen LogP contribution is 2.16. The number of hydrogen-bond donors (Lipinski definition) is 2. The third kappa shape index (κ3) is 4.58. The first kappa shape index (κ1) is 16.5. The summed E-state index contributed by atoms with van der Waals surface area (Å²) in [4.78, 5) is 16.6. The summed E-state index contributed by atoms with van der Waals surface area (Å²) in [6.07, 6.45) is 2.50. The highest BCUT2D eigenvalue weighted by atomic mass is 32.2. The van der Waals surface area contributed by atoms with Crippen molar-refractivity contribution in [3.8, 4) is 0 Å². The van der Waals surface area contributed by atoms with E-state index in [4.69, 9.17) is 5.11 Å². The van der Waals surface area contributed by atoms with Gasteiger partial charge in [-0.15, -0.1) is 0 Å². The molecular weight excluding hydrogens is 296 g/mol. The SMILES string of the molecule is CCc1ccccc1C(=O)Nc1cc(CSCCO)ccn1. The van der Waals surface area contributed by atoms with Gasteiger partial charge in [-0.3, -0.25) is 4.79 Å². The minimum Gasteiger partial charge on any atom is -0.396 e. The summed E-state index contributed by atoms with van der Waals surface area (Å²) in [6, 6.07) is 11.4. The molecule has 2 rings (SSSR count). The van der Waals surface area contributed by atoms with Crippen LogP contribution in [0.1, 0.15) is 28.4 Å². The fourth-order valence-electron chi connectivity index (χ4n) is 2.12. The van der Waals surface area contributed by atoms with Gasteiger partial charge in [0, 0.05) is 23.3 Å². The van der Waals surface area contributed by atoms with Gasteiger partial charge in [-0.1, -0.05) is 25.1 Å². The molecule has 0 spiro atoms. The number of nitrogens with zero attached hydrogens (tertiary/aromatic N) is 1. The van der Waals surface area contributed by atoms with Crippen molar-refractivity contribution in [2.75, 3.05) is 17.7 Å². The second kappa shape index (κ2) is 8.56. The van der Waals surface area contributed by atoms with Crippen LogP contribution in [0.2, 0.25) is 0 Å². The van der Waals surface area contributed by atoms with Gasteiger partial charge in [-0.2, -0.15) is 11.8 Å². The molecule has 1 aromatic carbocycles. The topological polar surface area (TPSA) is 62.2 Å². The fourth-order valence-corrected chi connectivity index (χ4v) is 2.81. The number of rotatable bonds is 7. The largest absolute Gasteiger partial charge is 0.396 e. The molecule has 0 fully saturated rings. The lowest BCUT2D eigenvalue weighted by Gasteiger charge is -2.09. The first-order valence-electron chi connectivity index (χ1n) is 7.27. The lowest BCUT2D eigenvalue weighted by molar-refractivity contribution is 0.102. The third-order valence-corrected chi connectivity index (χ3v) is 4.22. The standard InChI is InChI=1S/C17H20N2O2S/c1-2-14-5-3-4-6-15(14)17(21)19-16-11-13(7-8-18-16)12-22-10-9-20/h3-8,11,20H,2,9-10,12H2,1H3,(H,18,19,21). The zero-order chi connectivity index (χ0) is 15.8. The predicted molar refractivity (Wildman–Crippen MR) is 91.3 cm³/mol. The minimum absolute atomic E-state index is 0.134. The van der Waals surface area contributed by atoms with E-state index in [1.54, 1.807) is 18.0 Å². The number of carbonyl (C=O) groups is 1. The number of benzene rings is 1. The lowest BCUT2D eigenvalue weighted by Crippen LogP contribution is -2.15.